The van der Waals surface area contributed by atoms with Gasteiger partial charge in [-0.15, -0.1) is 11.3 Å². The van der Waals surface area contributed by atoms with Crippen LogP contribution in [0.25, 0.3) is 0 Å². The Morgan fingerprint density at radius 2 is 2.00 bits per heavy atom. The third-order valence-corrected chi connectivity index (χ3v) is 3.68. The SMILES string of the molecule is Cc1ccc(CN(C)c2csc(C(=O)O)c2)cc1. The molecule has 0 atom stereocenters. The van der Waals surface area contributed by atoms with Crippen molar-refractivity contribution in [1.29, 1.82) is 0 Å². The molecule has 0 bridgehead atoms. The zero-order chi connectivity index (χ0) is 13.1. The lowest BCUT2D eigenvalue weighted by atomic mass is 10.1. The van der Waals surface area contributed by atoms with Gasteiger partial charge in [-0.2, -0.15) is 0 Å². The minimum Gasteiger partial charge on any atom is -0.477 e. The fraction of sp³-hybridized carbons (Fsp3) is 0.214. The summed E-state index contributed by atoms with van der Waals surface area (Å²) in [6.07, 6.45) is 0. The molecule has 2 aromatic rings. The van der Waals surface area contributed by atoms with Gasteiger partial charge in [0.25, 0.3) is 0 Å². The number of carboxylic acids is 1. The minimum atomic E-state index is -0.866. The van der Waals surface area contributed by atoms with E-state index in [0.717, 1.165) is 12.2 Å². The number of anilines is 1. The molecule has 1 aromatic heterocycles. The van der Waals surface area contributed by atoms with E-state index in [9.17, 15) is 4.79 Å². The highest BCUT2D eigenvalue weighted by Crippen LogP contribution is 2.23. The summed E-state index contributed by atoms with van der Waals surface area (Å²) in [5.74, 6) is -0.866. The number of hydrogen-bond acceptors (Lipinski definition) is 3. The Bertz CT molecular complexity index is 545. The highest BCUT2D eigenvalue weighted by Gasteiger charge is 2.09. The van der Waals surface area contributed by atoms with Crippen LogP contribution in [0.2, 0.25) is 0 Å². The maximum absolute atomic E-state index is 10.8. The second-order valence-electron chi connectivity index (χ2n) is 4.32. The summed E-state index contributed by atoms with van der Waals surface area (Å²) in [5, 5.41) is 10.8. The van der Waals surface area contributed by atoms with E-state index in [1.807, 2.05) is 17.3 Å². The van der Waals surface area contributed by atoms with Crippen LogP contribution in [-0.2, 0) is 6.54 Å². The van der Waals surface area contributed by atoms with E-state index in [-0.39, 0.29) is 0 Å². The zero-order valence-electron chi connectivity index (χ0n) is 10.4. The molecule has 1 aromatic carbocycles. The van der Waals surface area contributed by atoms with Crippen LogP contribution in [0.5, 0.6) is 0 Å². The summed E-state index contributed by atoms with van der Waals surface area (Å²) >= 11 is 1.26. The smallest absolute Gasteiger partial charge is 0.345 e. The van der Waals surface area contributed by atoms with Crippen LogP contribution in [0.3, 0.4) is 0 Å². The molecule has 0 aliphatic carbocycles. The summed E-state index contributed by atoms with van der Waals surface area (Å²) in [7, 11) is 1.97. The van der Waals surface area contributed by atoms with Crippen molar-refractivity contribution in [2.75, 3.05) is 11.9 Å². The molecule has 1 N–H and O–H groups in total. The van der Waals surface area contributed by atoms with Gasteiger partial charge in [0.2, 0.25) is 0 Å². The van der Waals surface area contributed by atoms with E-state index in [4.69, 9.17) is 5.11 Å². The second-order valence-corrected chi connectivity index (χ2v) is 5.23. The molecule has 0 spiro atoms. The predicted octanol–water partition coefficient (Wildman–Crippen LogP) is 3.39. The Morgan fingerprint density at radius 1 is 1.33 bits per heavy atom. The summed E-state index contributed by atoms with van der Waals surface area (Å²) in [6.45, 7) is 2.83. The van der Waals surface area contributed by atoms with Crippen molar-refractivity contribution in [3.05, 3.63) is 51.7 Å². The number of rotatable bonds is 4. The molecular formula is C14H15NO2S. The summed E-state index contributed by atoms with van der Waals surface area (Å²) in [6, 6.07) is 10.1. The third-order valence-electron chi connectivity index (χ3n) is 2.78. The number of nitrogens with zero attached hydrogens (tertiary/aromatic N) is 1. The van der Waals surface area contributed by atoms with Gasteiger partial charge in [-0.25, -0.2) is 4.79 Å². The number of benzene rings is 1. The van der Waals surface area contributed by atoms with E-state index in [1.165, 1.54) is 22.5 Å². The monoisotopic (exact) mass is 261 g/mol. The van der Waals surface area contributed by atoms with Crippen LogP contribution >= 0.6 is 11.3 Å². The first-order valence-corrected chi connectivity index (χ1v) is 6.53. The zero-order valence-corrected chi connectivity index (χ0v) is 11.2. The molecule has 0 amide bonds. The topological polar surface area (TPSA) is 40.5 Å². The van der Waals surface area contributed by atoms with Gasteiger partial charge in [0.1, 0.15) is 4.88 Å². The van der Waals surface area contributed by atoms with Crippen LogP contribution in [0.15, 0.2) is 35.7 Å². The van der Waals surface area contributed by atoms with Crippen LogP contribution in [0, 0.1) is 6.92 Å². The maximum Gasteiger partial charge on any atom is 0.345 e. The molecule has 0 fully saturated rings. The Morgan fingerprint density at radius 3 is 2.56 bits per heavy atom. The molecule has 18 heavy (non-hydrogen) atoms. The van der Waals surface area contributed by atoms with Gasteiger partial charge in [0.15, 0.2) is 0 Å². The standard InChI is InChI=1S/C14H15NO2S/c1-10-3-5-11(6-4-10)8-15(2)12-7-13(14(16)17)18-9-12/h3-7,9H,8H2,1-2H3,(H,16,17). The van der Waals surface area contributed by atoms with E-state index in [0.29, 0.717) is 4.88 Å². The Labute approximate surface area is 110 Å². The van der Waals surface area contributed by atoms with Crippen molar-refractivity contribution in [2.24, 2.45) is 0 Å². The first-order valence-electron chi connectivity index (χ1n) is 5.65. The molecule has 0 aliphatic heterocycles. The van der Waals surface area contributed by atoms with Gasteiger partial charge >= 0.3 is 5.97 Å². The summed E-state index contributed by atoms with van der Waals surface area (Å²) in [5.41, 5.74) is 3.40. The highest BCUT2D eigenvalue weighted by atomic mass is 32.1. The normalized spacial score (nSPS) is 10.3. The molecule has 94 valence electrons. The van der Waals surface area contributed by atoms with E-state index in [2.05, 4.69) is 31.2 Å². The number of thiophene rings is 1. The summed E-state index contributed by atoms with van der Waals surface area (Å²) in [4.78, 5) is 13.2. The third kappa shape index (κ3) is 2.90. The van der Waals surface area contributed by atoms with Gasteiger partial charge in [-0.05, 0) is 18.6 Å². The first kappa shape index (κ1) is 12.6. The average Bonchev–Trinajstić information content (AvgIpc) is 2.81. The molecule has 0 saturated carbocycles. The number of carbonyl (C=O) groups is 1. The van der Waals surface area contributed by atoms with Crippen LogP contribution in [0.1, 0.15) is 20.8 Å². The lowest BCUT2D eigenvalue weighted by molar-refractivity contribution is 0.0702. The molecule has 0 aliphatic rings. The van der Waals surface area contributed by atoms with Crippen molar-refractivity contribution < 1.29 is 9.90 Å². The number of hydrogen-bond donors (Lipinski definition) is 1. The number of aromatic carboxylic acids is 1. The minimum absolute atomic E-state index is 0.376. The van der Waals surface area contributed by atoms with Gasteiger partial charge in [-0.1, -0.05) is 29.8 Å². The van der Waals surface area contributed by atoms with Gasteiger partial charge in [0.05, 0.1) is 0 Å². The Kier molecular flexibility index (Phi) is 3.67. The molecule has 2 rings (SSSR count). The van der Waals surface area contributed by atoms with Gasteiger partial charge in [0, 0.05) is 24.7 Å². The number of aryl methyl sites for hydroxylation is 1. The van der Waals surface area contributed by atoms with Crippen molar-refractivity contribution in [3.8, 4) is 0 Å². The van der Waals surface area contributed by atoms with E-state index >= 15 is 0 Å². The van der Waals surface area contributed by atoms with Crippen LogP contribution in [0.4, 0.5) is 5.69 Å². The lowest BCUT2D eigenvalue weighted by Gasteiger charge is -2.17. The average molecular weight is 261 g/mol. The molecule has 1 heterocycles. The Balaban J connectivity index is 2.09. The fourth-order valence-electron chi connectivity index (χ4n) is 1.70. The van der Waals surface area contributed by atoms with Gasteiger partial charge < -0.3 is 10.0 Å². The molecule has 0 unspecified atom stereocenters. The van der Waals surface area contributed by atoms with Crippen molar-refractivity contribution in [3.63, 3.8) is 0 Å². The first-order chi connectivity index (χ1) is 8.56. The van der Waals surface area contributed by atoms with Crippen LogP contribution in [-0.4, -0.2) is 18.1 Å². The molecule has 0 radical (unpaired) electrons. The molecule has 0 saturated heterocycles. The predicted molar refractivity (Wildman–Crippen MR) is 74.6 cm³/mol. The number of carboxylic acid groups (broad SMARTS) is 1. The second kappa shape index (κ2) is 5.23. The summed E-state index contributed by atoms with van der Waals surface area (Å²) < 4.78 is 0. The van der Waals surface area contributed by atoms with Crippen LogP contribution < -0.4 is 4.90 Å². The van der Waals surface area contributed by atoms with Crippen molar-refractivity contribution in [1.82, 2.24) is 0 Å². The highest BCUT2D eigenvalue weighted by molar-refractivity contribution is 7.12. The Hall–Kier alpha value is -1.81. The largest absolute Gasteiger partial charge is 0.477 e. The molecule has 4 heteroatoms. The van der Waals surface area contributed by atoms with E-state index < -0.39 is 5.97 Å². The fourth-order valence-corrected chi connectivity index (χ4v) is 2.48. The molecular weight excluding hydrogens is 246 g/mol. The van der Waals surface area contributed by atoms with E-state index in [1.54, 1.807) is 6.07 Å². The maximum atomic E-state index is 10.8. The van der Waals surface area contributed by atoms with Crippen molar-refractivity contribution in [2.45, 2.75) is 13.5 Å². The molecule has 3 nitrogen and oxygen atoms in total. The van der Waals surface area contributed by atoms with Crippen molar-refractivity contribution >= 4 is 23.0 Å². The quantitative estimate of drug-likeness (QED) is 0.917. The lowest BCUT2D eigenvalue weighted by Crippen LogP contribution is -2.15. The van der Waals surface area contributed by atoms with Gasteiger partial charge in [-0.3, -0.25) is 0 Å².